The van der Waals surface area contributed by atoms with Gasteiger partial charge in [-0.3, -0.25) is 9.59 Å². The van der Waals surface area contributed by atoms with Gasteiger partial charge in [-0.15, -0.1) is 0 Å². The number of carbonyl (C=O) groups excluding carboxylic acids is 1. The zero-order chi connectivity index (χ0) is 14.4. The number of carboxylic acid groups (broad SMARTS) is 1. The second kappa shape index (κ2) is 6.73. The molecule has 1 aromatic rings. The topological polar surface area (TPSA) is 57.6 Å². The molecule has 0 unspecified atom stereocenters. The number of carbonyl (C=O) groups is 2. The van der Waals surface area contributed by atoms with Crippen LogP contribution in [0.3, 0.4) is 0 Å². The SMILES string of the molecule is Cc1ccc(C=CC(=O)N(C)CCC(=O)O)c(C)c1. The van der Waals surface area contributed by atoms with Gasteiger partial charge in [-0.1, -0.05) is 23.8 Å². The molecule has 102 valence electrons. The lowest BCUT2D eigenvalue weighted by Gasteiger charge is -2.13. The van der Waals surface area contributed by atoms with Crippen molar-refractivity contribution in [3.8, 4) is 0 Å². The van der Waals surface area contributed by atoms with Gasteiger partial charge < -0.3 is 10.0 Å². The number of benzene rings is 1. The minimum absolute atomic E-state index is 0.0420. The monoisotopic (exact) mass is 261 g/mol. The van der Waals surface area contributed by atoms with Crippen LogP contribution in [0, 0.1) is 13.8 Å². The summed E-state index contributed by atoms with van der Waals surface area (Å²) in [6.45, 7) is 4.22. The molecule has 0 heterocycles. The molecule has 0 aromatic heterocycles. The third kappa shape index (κ3) is 4.95. The highest BCUT2D eigenvalue weighted by atomic mass is 16.4. The Kier molecular flexibility index (Phi) is 5.30. The number of hydrogen-bond donors (Lipinski definition) is 1. The van der Waals surface area contributed by atoms with E-state index in [1.807, 2.05) is 26.0 Å². The third-order valence-electron chi connectivity index (χ3n) is 2.87. The van der Waals surface area contributed by atoms with Gasteiger partial charge in [0.1, 0.15) is 0 Å². The van der Waals surface area contributed by atoms with Crippen LogP contribution in [0.2, 0.25) is 0 Å². The van der Waals surface area contributed by atoms with E-state index >= 15 is 0 Å². The molecule has 1 rings (SSSR count). The smallest absolute Gasteiger partial charge is 0.305 e. The van der Waals surface area contributed by atoms with Crippen molar-refractivity contribution >= 4 is 18.0 Å². The molecule has 4 heteroatoms. The number of rotatable bonds is 5. The van der Waals surface area contributed by atoms with Crippen LogP contribution < -0.4 is 0 Å². The Balaban J connectivity index is 2.65. The van der Waals surface area contributed by atoms with Gasteiger partial charge in [0.15, 0.2) is 0 Å². The van der Waals surface area contributed by atoms with Crippen molar-refractivity contribution in [1.82, 2.24) is 4.90 Å². The summed E-state index contributed by atoms with van der Waals surface area (Å²) in [6.07, 6.45) is 3.19. The minimum Gasteiger partial charge on any atom is -0.481 e. The van der Waals surface area contributed by atoms with Crippen LogP contribution in [0.25, 0.3) is 6.08 Å². The molecule has 1 aromatic carbocycles. The molecule has 0 fully saturated rings. The highest BCUT2D eigenvalue weighted by molar-refractivity contribution is 5.92. The summed E-state index contributed by atoms with van der Waals surface area (Å²) in [5.41, 5.74) is 3.28. The van der Waals surface area contributed by atoms with Crippen LogP contribution in [-0.2, 0) is 9.59 Å². The van der Waals surface area contributed by atoms with Crippen molar-refractivity contribution < 1.29 is 14.7 Å². The van der Waals surface area contributed by atoms with Gasteiger partial charge in [-0.05, 0) is 31.1 Å². The predicted octanol–water partition coefficient (Wildman–Crippen LogP) is 2.25. The van der Waals surface area contributed by atoms with Gasteiger partial charge in [0.25, 0.3) is 0 Å². The molecule has 0 saturated heterocycles. The van der Waals surface area contributed by atoms with Crippen molar-refractivity contribution in [2.45, 2.75) is 20.3 Å². The molecule has 0 aliphatic heterocycles. The Labute approximate surface area is 113 Å². The molecule has 0 aliphatic rings. The fourth-order valence-electron chi connectivity index (χ4n) is 1.67. The van der Waals surface area contributed by atoms with E-state index in [4.69, 9.17) is 5.11 Å². The fraction of sp³-hybridized carbons (Fsp3) is 0.333. The van der Waals surface area contributed by atoms with Crippen molar-refractivity contribution in [3.05, 3.63) is 41.0 Å². The summed E-state index contributed by atoms with van der Waals surface area (Å²) in [5, 5.41) is 8.56. The summed E-state index contributed by atoms with van der Waals surface area (Å²) in [7, 11) is 1.59. The first-order valence-electron chi connectivity index (χ1n) is 6.12. The third-order valence-corrected chi connectivity index (χ3v) is 2.87. The Morgan fingerprint density at radius 1 is 1.32 bits per heavy atom. The molecule has 0 spiro atoms. The van der Waals surface area contributed by atoms with Crippen LogP contribution in [0.5, 0.6) is 0 Å². The van der Waals surface area contributed by atoms with Gasteiger partial charge in [0.05, 0.1) is 6.42 Å². The first-order chi connectivity index (χ1) is 8.90. The quantitative estimate of drug-likeness (QED) is 0.827. The summed E-state index contributed by atoms with van der Waals surface area (Å²) in [5.74, 6) is -1.10. The standard InChI is InChI=1S/C15H19NO3/c1-11-4-5-13(12(2)10-11)6-7-14(17)16(3)9-8-15(18)19/h4-7,10H,8-9H2,1-3H3,(H,18,19). The highest BCUT2D eigenvalue weighted by Gasteiger charge is 2.07. The summed E-state index contributed by atoms with van der Waals surface area (Å²) in [4.78, 5) is 23.6. The van der Waals surface area contributed by atoms with Gasteiger partial charge in [-0.2, -0.15) is 0 Å². The maximum Gasteiger partial charge on any atom is 0.305 e. The van der Waals surface area contributed by atoms with Gasteiger partial charge in [0.2, 0.25) is 5.91 Å². The van der Waals surface area contributed by atoms with Crippen molar-refractivity contribution in [1.29, 1.82) is 0 Å². The van der Waals surface area contributed by atoms with Crippen molar-refractivity contribution in [2.75, 3.05) is 13.6 Å². The average Bonchev–Trinajstić information content (AvgIpc) is 2.34. The largest absolute Gasteiger partial charge is 0.481 e. The number of nitrogens with zero attached hydrogens (tertiary/aromatic N) is 1. The van der Waals surface area contributed by atoms with Crippen LogP contribution in [0.15, 0.2) is 24.3 Å². The molecule has 19 heavy (non-hydrogen) atoms. The zero-order valence-electron chi connectivity index (χ0n) is 11.5. The van der Waals surface area contributed by atoms with E-state index in [0.717, 1.165) is 11.1 Å². The number of amides is 1. The zero-order valence-corrected chi connectivity index (χ0v) is 11.5. The van der Waals surface area contributed by atoms with E-state index in [1.54, 1.807) is 13.1 Å². The summed E-state index contributed by atoms with van der Waals surface area (Å²) in [6, 6.07) is 6.01. The van der Waals surface area contributed by atoms with E-state index in [9.17, 15) is 9.59 Å². The minimum atomic E-state index is -0.905. The van der Waals surface area contributed by atoms with E-state index in [-0.39, 0.29) is 18.9 Å². The summed E-state index contributed by atoms with van der Waals surface area (Å²) >= 11 is 0. The molecule has 0 aliphatic carbocycles. The van der Waals surface area contributed by atoms with E-state index in [0.29, 0.717) is 0 Å². The van der Waals surface area contributed by atoms with Gasteiger partial charge in [-0.25, -0.2) is 0 Å². The number of aliphatic carboxylic acids is 1. The Hall–Kier alpha value is -2.10. The molecule has 0 bridgehead atoms. The molecular formula is C15H19NO3. The molecular weight excluding hydrogens is 242 g/mol. The molecule has 1 amide bonds. The maximum absolute atomic E-state index is 11.8. The van der Waals surface area contributed by atoms with E-state index < -0.39 is 5.97 Å². The molecule has 0 atom stereocenters. The van der Waals surface area contributed by atoms with Crippen molar-refractivity contribution in [3.63, 3.8) is 0 Å². The van der Waals surface area contributed by atoms with Crippen LogP contribution in [-0.4, -0.2) is 35.5 Å². The summed E-state index contributed by atoms with van der Waals surface area (Å²) < 4.78 is 0. The number of aryl methyl sites for hydroxylation is 2. The lowest BCUT2D eigenvalue weighted by molar-refractivity contribution is -0.137. The average molecular weight is 261 g/mol. The van der Waals surface area contributed by atoms with E-state index in [2.05, 4.69) is 6.07 Å². The fourth-order valence-corrected chi connectivity index (χ4v) is 1.67. The Bertz CT molecular complexity index is 506. The highest BCUT2D eigenvalue weighted by Crippen LogP contribution is 2.12. The molecule has 1 N–H and O–H groups in total. The first kappa shape index (κ1) is 15.0. The number of carboxylic acids is 1. The van der Waals surface area contributed by atoms with Crippen molar-refractivity contribution in [2.24, 2.45) is 0 Å². The second-order valence-corrected chi connectivity index (χ2v) is 4.60. The number of hydrogen-bond acceptors (Lipinski definition) is 2. The number of likely N-dealkylation sites (N-methyl/N-ethyl adjacent to an activating group) is 1. The van der Waals surface area contributed by atoms with Crippen LogP contribution in [0.1, 0.15) is 23.1 Å². The Morgan fingerprint density at radius 3 is 2.58 bits per heavy atom. The molecule has 0 radical (unpaired) electrons. The predicted molar refractivity (Wildman–Crippen MR) is 74.8 cm³/mol. The molecule has 4 nitrogen and oxygen atoms in total. The lowest BCUT2D eigenvalue weighted by Crippen LogP contribution is -2.27. The van der Waals surface area contributed by atoms with Crippen LogP contribution >= 0.6 is 0 Å². The van der Waals surface area contributed by atoms with Gasteiger partial charge in [0, 0.05) is 19.7 Å². The Morgan fingerprint density at radius 2 is 2.00 bits per heavy atom. The lowest BCUT2D eigenvalue weighted by atomic mass is 10.1. The van der Waals surface area contributed by atoms with E-state index in [1.165, 1.54) is 16.5 Å². The molecule has 0 saturated carbocycles. The van der Waals surface area contributed by atoms with Gasteiger partial charge >= 0.3 is 5.97 Å². The first-order valence-corrected chi connectivity index (χ1v) is 6.12. The van der Waals surface area contributed by atoms with Crippen LogP contribution in [0.4, 0.5) is 0 Å². The maximum atomic E-state index is 11.8. The normalized spacial score (nSPS) is 10.7. The second-order valence-electron chi connectivity index (χ2n) is 4.60.